The number of carbonyl (C=O) groups is 1. The zero-order valence-electron chi connectivity index (χ0n) is 10.4. The number of hydrogen-bond donors (Lipinski definition) is 0. The topological polar surface area (TPSA) is 35.5 Å². The fourth-order valence-corrected chi connectivity index (χ4v) is 2.00. The molecule has 0 aromatic carbocycles. The molecule has 90 valence electrons. The lowest BCUT2D eigenvalue weighted by atomic mass is 10.3. The largest absolute Gasteiger partial charge is 0.466 e. The van der Waals surface area contributed by atoms with Gasteiger partial charge in [0.25, 0.3) is 0 Å². The Morgan fingerprint density at radius 3 is 2.47 bits per heavy atom. The van der Waals surface area contributed by atoms with Gasteiger partial charge in [0.2, 0.25) is 0 Å². The van der Waals surface area contributed by atoms with Crippen LogP contribution in [0.2, 0.25) is 5.54 Å². The fraction of sp³-hybridized carbons (Fsp3) is 0.909. The molecule has 0 bridgehead atoms. The van der Waals surface area contributed by atoms with Crippen LogP contribution in [0, 0.1) is 0 Å². The number of unbranched alkanes of at least 4 members (excludes halogenated alkanes) is 2. The van der Waals surface area contributed by atoms with Crippen molar-refractivity contribution in [3.8, 4) is 0 Å². The van der Waals surface area contributed by atoms with E-state index in [1.165, 1.54) is 0 Å². The Bertz CT molecular complexity index is 171. The summed E-state index contributed by atoms with van der Waals surface area (Å²) in [5.41, 5.74) is -0.0194. The molecule has 3 nitrogen and oxygen atoms in total. The first kappa shape index (κ1) is 14.6. The Hall–Kier alpha value is -0.353. The van der Waals surface area contributed by atoms with E-state index in [1.54, 1.807) is 0 Å². The van der Waals surface area contributed by atoms with E-state index in [2.05, 4.69) is 6.92 Å². The zero-order valence-corrected chi connectivity index (χ0v) is 11.8. The van der Waals surface area contributed by atoms with Crippen molar-refractivity contribution in [2.24, 2.45) is 0 Å². The number of hydrogen-bond acceptors (Lipinski definition) is 3. The van der Waals surface area contributed by atoms with E-state index in [-0.39, 0.29) is 17.6 Å². The average molecular weight is 232 g/mol. The van der Waals surface area contributed by atoms with Gasteiger partial charge in [0.05, 0.1) is 12.1 Å². The molecule has 0 saturated heterocycles. The lowest BCUT2D eigenvalue weighted by molar-refractivity contribution is -0.143. The monoisotopic (exact) mass is 232 g/mol. The molecule has 0 aromatic rings. The first-order chi connectivity index (χ1) is 7.07. The summed E-state index contributed by atoms with van der Waals surface area (Å²) in [6.45, 7) is 8.58. The highest BCUT2D eigenvalue weighted by atomic mass is 28.2. The quantitative estimate of drug-likeness (QED) is 0.365. The maximum atomic E-state index is 11.5. The molecule has 0 spiro atoms. The van der Waals surface area contributed by atoms with E-state index in [4.69, 9.17) is 9.16 Å². The molecule has 0 rings (SSSR count). The molecular weight excluding hydrogens is 208 g/mol. The second kappa shape index (κ2) is 8.92. The SMILES string of the molecule is CCCCCOC(=O)C(C)[SiH2]OC(C)C. The molecule has 0 radical (unpaired) electrons. The van der Waals surface area contributed by atoms with Crippen LogP contribution in [0.4, 0.5) is 0 Å². The highest BCUT2D eigenvalue weighted by molar-refractivity contribution is 6.36. The number of carbonyl (C=O) groups excluding carboxylic acids is 1. The molecule has 0 fully saturated rings. The van der Waals surface area contributed by atoms with Crippen LogP contribution in [0.1, 0.15) is 47.0 Å². The van der Waals surface area contributed by atoms with Crippen molar-refractivity contribution in [1.29, 1.82) is 0 Å². The van der Waals surface area contributed by atoms with Gasteiger partial charge in [0.1, 0.15) is 0 Å². The standard InChI is InChI=1S/C11H24O3Si/c1-5-6-7-8-13-11(12)10(4)15-14-9(2)3/h9-10H,5-8,15H2,1-4H3. The minimum absolute atomic E-state index is 0.0194. The van der Waals surface area contributed by atoms with Crippen molar-refractivity contribution in [3.63, 3.8) is 0 Å². The van der Waals surface area contributed by atoms with Crippen molar-refractivity contribution >= 4 is 15.7 Å². The van der Waals surface area contributed by atoms with Crippen LogP contribution in [0.25, 0.3) is 0 Å². The minimum Gasteiger partial charge on any atom is -0.466 e. The second-order valence-electron chi connectivity index (χ2n) is 4.16. The van der Waals surface area contributed by atoms with E-state index >= 15 is 0 Å². The lowest BCUT2D eigenvalue weighted by Crippen LogP contribution is -2.20. The van der Waals surface area contributed by atoms with Gasteiger partial charge < -0.3 is 9.16 Å². The molecule has 15 heavy (non-hydrogen) atoms. The van der Waals surface area contributed by atoms with Gasteiger partial charge in [-0.25, -0.2) is 0 Å². The van der Waals surface area contributed by atoms with Gasteiger partial charge in [-0.05, 0) is 20.3 Å². The molecule has 0 saturated carbocycles. The van der Waals surface area contributed by atoms with Crippen LogP contribution in [-0.4, -0.2) is 28.4 Å². The van der Waals surface area contributed by atoms with Crippen LogP contribution in [0.15, 0.2) is 0 Å². The highest BCUT2D eigenvalue weighted by Gasteiger charge is 2.15. The lowest BCUT2D eigenvalue weighted by Gasteiger charge is -2.13. The van der Waals surface area contributed by atoms with Crippen LogP contribution < -0.4 is 0 Å². The summed E-state index contributed by atoms with van der Waals surface area (Å²) in [5, 5.41) is 0. The van der Waals surface area contributed by atoms with Crippen molar-refractivity contribution in [1.82, 2.24) is 0 Å². The summed E-state index contributed by atoms with van der Waals surface area (Å²) in [6, 6.07) is 0. The molecule has 0 aliphatic carbocycles. The van der Waals surface area contributed by atoms with Crippen molar-refractivity contribution in [2.75, 3.05) is 6.61 Å². The molecular formula is C11H24O3Si. The smallest absolute Gasteiger partial charge is 0.307 e. The first-order valence-corrected chi connectivity index (χ1v) is 7.25. The summed E-state index contributed by atoms with van der Waals surface area (Å²) < 4.78 is 10.6. The summed E-state index contributed by atoms with van der Waals surface area (Å²) in [6.07, 6.45) is 3.48. The summed E-state index contributed by atoms with van der Waals surface area (Å²) in [5.74, 6) is -0.0848. The van der Waals surface area contributed by atoms with Gasteiger partial charge in [-0.3, -0.25) is 4.79 Å². The maximum absolute atomic E-state index is 11.5. The second-order valence-corrected chi connectivity index (χ2v) is 6.05. The van der Waals surface area contributed by atoms with E-state index in [9.17, 15) is 4.79 Å². The van der Waals surface area contributed by atoms with E-state index in [1.807, 2.05) is 20.8 Å². The Labute approximate surface area is 95.5 Å². The zero-order chi connectivity index (χ0) is 11.7. The number of esters is 1. The van der Waals surface area contributed by atoms with Gasteiger partial charge in [-0.1, -0.05) is 26.7 Å². The van der Waals surface area contributed by atoms with Crippen molar-refractivity contribution < 1.29 is 14.0 Å². The van der Waals surface area contributed by atoms with Gasteiger partial charge in [-0.2, -0.15) is 0 Å². The Morgan fingerprint density at radius 2 is 1.93 bits per heavy atom. The Balaban J connectivity index is 3.51. The molecule has 0 N–H and O–H groups in total. The molecule has 0 amide bonds. The Morgan fingerprint density at radius 1 is 1.27 bits per heavy atom. The van der Waals surface area contributed by atoms with Crippen LogP contribution >= 0.6 is 0 Å². The minimum atomic E-state index is -0.773. The third kappa shape index (κ3) is 8.63. The van der Waals surface area contributed by atoms with Gasteiger partial charge >= 0.3 is 5.97 Å². The molecule has 1 unspecified atom stereocenters. The van der Waals surface area contributed by atoms with Crippen LogP contribution in [0.3, 0.4) is 0 Å². The van der Waals surface area contributed by atoms with Crippen LogP contribution in [-0.2, 0) is 14.0 Å². The average Bonchev–Trinajstić information content (AvgIpc) is 2.20. The number of rotatable bonds is 8. The first-order valence-electron chi connectivity index (χ1n) is 5.86. The van der Waals surface area contributed by atoms with Gasteiger partial charge in [-0.15, -0.1) is 0 Å². The molecule has 0 aromatic heterocycles. The Kier molecular flexibility index (Phi) is 8.71. The van der Waals surface area contributed by atoms with Gasteiger partial charge in [0.15, 0.2) is 9.76 Å². The molecule has 0 aliphatic rings. The highest BCUT2D eigenvalue weighted by Crippen LogP contribution is 2.07. The van der Waals surface area contributed by atoms with Crippen molar-refractivity contribution in [3.05, 3.63) is 0 Å². The number of ether oxygens (including phenoxy) is 1. The van der Waals surface area contributed by atoms with Crippen molar-refractivity contribution in [2.45, 2.75) is 58.6 Å². The molecule has 0 heterocycles. The van der Waals surface area contributed by atoms with Crippen LogP contribution in [0.5, 0.6) is 0 Å². The van der Waals surface area contributed by atoms with Gasteiger partial charge in [0, 0.05) is 6.10 Å². The molecule has 4 heteroatoms. The molecule has 0 aliphatic heterocycles. The third-order valence-electron chi connectivity index (χ3n) is 2.07. The maximum Gasteiger partial charge on any atom is 0.307 e. The predicted molar refractivity (Wildman–Crippen MR) is 64.7 cm³/mol. The van der Waals surface area contributed by atoms with E-state index in [0.717, 1.165) is 19.3 Å². The summed E-state index contributed by atoms with van der Waals surface area (Å²) in [7, 11) is -0.773. The normalized spacial score (nSPS) is 13.7. The predicted octanol–water partition coefficient (Wildman–Crippen LogP) is 2.04. The molecule has 1 atom stereocenters. The fourth-order valence-electron chi connectivity index (χ4n) is 1.07. The summed E-state index contributed by atoms with van der Waals surface area (Å²) >= 11 is 0. The summed E-state index contributed by atoms with van der Waals surface area (Å²) in [4.78, 5) is 11.5. The third-order valence-corrected chi connectivity index (χ3v) is 3.77. The van der Waals surface area contributed by atoms with E-state index < -0.39 is 9.76 Å². The van der Waals surface area contributed by atoms with E-state index in [0.29, 0.717) is 6.61 Å².